The van der Waals surface area contributed by atoms with Crippen molar-refractivity contribution >= 4 is 5.91 Å². The molecule has 1 saturated heterocycles. The van der Waals surface area contributed by atoms with Crippen LogP contribution in [0.15, 0.2) is 22.6 Å². The standard InChI is InChI=1S/C16H19N3O2/c1-10-4-5-13(8-11(10)2)16(20)19-7-6-14(9-19)15-18-17-12(3)21-15/h4-5,8,14H,6-7,9H2,1-3H3. The van der Waals surface area contributed by atoms with E-state index in [-0.39, 0.29) is 11.8 Å². The normalized spacial score (nSPS) is 18.2. The molecular formula is C16H19N3O2. The number of carbonyl (C=O) groups excluding carboxylic acids is 1. The van der Waals surface area contributed by atoms with E-state index in [1.54, 1.807) is 6.92 Å². The maximum atomic E-state index is 12.6. The van der Waals surface area contributed by atoms with Gasteiger partial charge in [0.15, 0.2) is 0 Å². The lowest BCUT2D eigenvalue weighted by Gasteiger charge is -2.16. The smallest absolute Gasteiger partial charge is 0.253 e. The van der Waals surface area contributed by atoms with Crippen LogP contribution in [0.3, 0.4) is 0 Å². The Kier molecular flexibility index (Phi) is 3.49. The predicted octanol–water partition coefficient (Wildman–Crippen LogP) is 2.62. The number of amides is 1. The highest BCUT2D eigenvalue weighted by Crippen LogP contribution is 2.27. The van der Waals surface area contributed by atoms with E-state index >= 15 is 0 Å². The Labute approximate surface area is 124 Å². The molecule has 0 bridgehead atoms. The number of rotatable bonds is 2. The molecule has 3 rings (SSSR count). The van der Waals surface area contributed by atoms with E-state index in [0.29, 0.717) is 18.3 Å². The van der Waals surface area contributed by atoms with E-state index in [1.807, 2.05) is 36.9 Å². The van der Waals surface area contributed by atoms with Crippen LogP contribution in [0.1, 0.15) is 45.6 Å². The lowest BCUT2D eigenvalue weighted by Crippen LogP contribution is -2.28. The van der Waals surface area contributed by atoms with Crippen LogP contribution in [0.2, 0.25) is 0 Å². The first kappa shape index (κ1) is 13.8. The Morgan fingerprint density at radius 1 is 1.24 bits per heavy atom. The van der Waals surface area contributed by atoms with Crippen molar-refractivity contribution in [2.24, 2.45) is 0 Å². The van der Waals surface area contributed by atoms with E-state index in [4.69, 9.17) is 4.42 Å². The summed E-state index contributed by atoms with van der Waals surface area (Å²) in [4.78, 5) is 14.4. The van der Waals surface area contributed by atoms with Crippen LogP contribution in [0.25, 0.3) is 0 Å². The number of hydrogen-bond donors (Lipinski definition) is 0. The quantitative estimate of drug-likeness (QED) is 0.851. The molecule has 0 N–H and O–H groups in total. The van der Waals surface area contributed by atoms with E-state index < -0.39 is 0 Å². The number of likely N-dealkylation sites (tertiary alicyclic amines) is 1. The number of aromatic nitrogens is 2. The van der Waals surface area contributed by atoms with Crippen LogP contribution in [0.5, 0.6) is 0 Å². The zero-order valence-electron chi connectivity index (χ0n) is 12.6. The summed E-state index contributed by atoms with van der Waals surface area (Å²) in [5.74, 6) is 1.45. The first-order valence-corrected chi connectivity index (χ1v) is 7.21. The van der Waals surface area contributed by atoms with Crippen LogP contribution < -0.4 is 0 Å². The van der Waals surface area contributed by atoms with E-state index in [1.165, 1.54) is 5.56 Å². The van der Waals surface area contributed by atoms with Crippen molar-refractivity contribution in [1.82, 2.24) is 15.1 Å². The van der Waals surface area contributed by atoms with E-state index in [0.717, 1.165) is 24.1 Å². The fourth-order valence-electron chi connectivity index (χ4n) is 2.68. The summed E-state index contributed by atoms with van der Waals surface area (Å²) in [6, 6.07) is 5.86. The largest absolute Gasteiger partial charge is 0.425 e. The van der Waals surface area contributed by atoms with Gasteiger partial charge in [0.1, 0.15) is 0 Å². The van der Waals surface area contributed by atoms with Gasteiger partial charge in [0.25, 0.3) is 5.91 Å². The SMILES string of the molecule is Cc1nnc(C2CCN(C(=O)c3ccc(C)c(C)c3)C2)o1. The molecule has 0 aliphatic carbocycles. The molecule has 1 aliphatic rings. The van der Waals surface area contributed by atoms with Crippen molar-refractivity contribution in [3.05, 3.63) is 46.7 Å². The van der Waals surface area contributed by atoms with Crippen LogP contribution in [-0.2, 0) is 0 Å². The molecule has 110 valence electrons. The highest BCUT2D eigenvalue weighted by Gasteiger charge is 2.31. The minimum absolute atomic E-state index is 0.0804. The minimum Gasteiger partial charge on any atom is -0.425 e. The second-order valence-electron chi connectivity index (χ2n) is 5.70. The Balaban J connectivity index is 1.73. The number of benzene rings is 1. The van der Waals surface area contributed by atoms with Gasteiger partial charge < -0.3 is 9.32 Å². The second kappa shape index (κ2) is 5.31. The molecule has 1 amide bonds. The molecule has 1 aromatic carbocycles. The Hall–Kier alpha value is -2.17. The van der Waals surface area contributed by atoms with Crippen molar-refractivity contribution in [2.45, 2.75) is 33.1 Å². The monoisotopic (exact) mass is 285 g/mol. The molecule has 0 spiro atoms. The molecule has 5 nitrogen and oxygen atoms in total. The van der Waals surface area contributed by atoms with Crippen LogP contribution >= 0.6 is 0 Å². The van der Waals surface area contributed by atoms with Crippen molar-refractivity contribution in [2.75, 3.05) is 13.1 Å². The third-order valence-corrected chi connectivity index (χ3v) is 4.12. The lowest BCUT2D eigenvalue weighted by atomic mass is 10.1. The number of nitrogens with zero attached hydrogens (tertiary/aromatic N) is 3. The van der Waals surface area contributed by atoms with E-state index in [9.17, 15) is 4.79 Å². The van der Waals surface area contributed by atoms with Crippen LogP contribution in [-0.4, -0.2) is 34.1 Å². The average molecular weight is 285 g/mol. The minimum atomic E-state index is 0.0804. The molecule has 1 aromatic heterocycles. The highest BCUT2D eigenvalue weighted by molar-refractivity contribution is 5.94. The maximum Gasteiger partial charge on any atom is 0.253 e. The predicted molar refractivity (Wildman–Crippen MR) is 78.2 cm³/mol. The highest BCUT2D eigenvalue weighted by atomic mass is 16.4. The molecular weight excluding hydrogens is 266 g/mol. The fraction of sp³-hybridized carbons (Fsp3) is 0.438. The zero-order chi connectivity index (χ0) is 15.0. The first-order chi connectivity index (χ1) is 10.0. The molecule has 1 aliphatic heterocycles. The van der Waals surface area contributed by atoms with Gasteiger partial charge in [-0.1, -0.05) is 6.07 Å². The van der Waals surface area contributed by atoms with Crippen molar-refractivity contribution < 1.29 is 9.21 Å². The summed E-state index contributed by atoms with van der Waals surface area (Å²) < 4.78 is 5.48. The lowest BCUT2D eigenvalue weighted by molar-refractivity contribution is 0.0790. The first-order valence-electron chi connectivity index (χ1n) is 7.21. The zero-order valence-corrected chi connectivity index (χ0v) is 12.6. The summed E-state index contributed by atoms with van der Waals surface area (Å²) in [7, 11) is 0. The Bertz CT molecular complexity index is 678. The van der Waals surface area contributed by atoms with E-state index in [2.05, 4.69) is 10.2 Å². The van der Waals surface area contributed by atoms with Gasteiger partial charge in [-0.3, -0.25) is 4.79 Å². The van der Waals surface area contributed by atoms with Gasteiger partial charge in [0.2, 0.25) is 11.8 Å². The molecule has 2 aromatic rings. The molecule has 0 radical (unpaired) electrons. The summed E-state index contributed by atoms with van der Waals surface area (Å²) in [6.45, 7) is 7.24. The van der Waals surface area contributed by atoms with Gasteiger partial charge in [-0.15, -0.1) is 10.2 Å². The third kappa shape index (κ3) is 2.68. The fourth-order valence-corrected chi connectivity index (χ4v) is 2.68. The van der Waals surface area contributed by atoms with Crippen LogP contribution in [0, 0.1) is 20.8 Å². The Morgan fingerprint density at radius 3 is 2.71 bits per heavy atom. The van der Waals surface area contributed by atoms with Crippen LogP contribution in [0.4, 0.5) is 0 Å². The molecule has 21 heavy (non-hydrogen) atoms. The van der Waals surface area contributed by atoms with Crippen molar-refractivity contribution in [3.63, 3.8) is 0 Å². The maximum absolute atomic E-state index is 12.6. The van der Waals surface area contributed by atoms with Gasteiger partial charge in [0, 0.05) is 25.6 Å². The summed E-state index contributed by atoms with van der Waals surface area (Å²) in [5, 5.41) is 7.93. The molecule has 2 heterocycles. The van der Waals surface area contributed by atoms with Gasteiger partial charge in [-0.25, -0.2) is 0 Å². The molecule has 0 saturated carbocycles. The summed E-state index contributed by atoms with van der Waals surface area (Å²) >= 11 is 0. The number of hydrogen-bond acceptors (Lipinski definition) is 4. The topological polar surface area (TPSA) is 59.2 Å². The van der Waals surface area contributed by atoms with Gasteiger partial charge >= 0.3 is 0 Å². The molecule has 1 atom stereocenters. The summed E-state index contributed by atoms with van der Waals surface area (Å²) in [6.07, 6.45) is 0.873. The third-order valence-electron chi connectivity index (χ3n) is 4.12. The molecule has 5 heteroatoms. The Morgan fingerprint density at radius 2 is 2.05 bits per heavy atom. The molecule has 1 unspecified atom stereocenters. The van der Waals surface area contributed by atoms with Gasteiger partial charge in [0.05, 0.1) is 5.92 Å². The van der Waals surface area contributed by atoms with Gasteiger partial charge in [-0.2, -0.15) is 0 Å². The number of aryl methyl sites for hydroxylation is 3. The average Bonchev–Trinajstić information content (AvgIpc) is 3.09. The summed E-state index contributed by atoms with van der Waals surface area (Å²) in [5.41, 5.74) is 3.09. The number of carbonyl (C=O) groups is 1. The van der Waals surface area contributed by atoms with Crippen molar-refractivity contribution in [1.29, 1.82) is 0 Å². The van der Waals surface area contributed by atoms with Crippen molar-refractivity contribution in [3.8, 4) is 0 Å². The second-order valence-corrected chi connectivity index (χ2v) is 5.70. The molecule has 1 fully saturated rings. The van der Waals surface area contributed by atoms with Gasteiger partial charge in [-0.05, 0) is 43.5 Å².